The molecule has 1 aliphatic rings. The normalized spacial score (nSPS) is 13.7. The van der Waals surface area contributed by atoms with Crippen molar-refractivity contribution in [2.45, 2.75) is 25.7 Å². The Kier molecular flexibility index (Phi) is 6.92. The molecule has 3 rings (SSSR count). The van der Waals surface area contributed by atoms with Gasteiger partial charge in [-0.25, -0.2) is 9.87 Å². The molecule has 0 aromatic heterocycles. The molecule has 0 bridgehead atoms. The van der Waals surface area contributed by atoms with Gasteiger partial charge in [0.2, 0.25) is 5.91 Å². The number of hydroxylamine groups is 1. The molecule has 0 saturated carbocycles. The van der Waals surface area contributed by atoms with E-state index in [-0.39, 0.29) is 18.2 Å². The van der Waals surface area contributed by atoms with Gasteiger partial charge in [-0.2, -0.15) is 0 Å². The Hall–Kier alpha value is -3.52. The monoisotopic (exact) mass is 411 g/mol. The Morgan fingerprint density at radius 3 is 2.57 bits per heavy atom. The molecular weight excluding hydrogens is 389 g/mol. The number of anilines is 1. The fourth-order valence-corrected chi connectivity index (χ4v) is 3.15. The average Bonchev–Trinajstić information content (AvgIpc) is 3.05. The van der Waals surface area contributed by atoms with Crippen molar-refractivity contribution in [3.63, 3.8) is 0 Å². The standard InChI is InChI=1S/C22H22FN3O4/c23-16-9-10-19-17(13-16)18(22(29)25-19)12-14-5-7-15(8-6-14)21(28)24-11-3-1-2-4-20(27)26-30/h5-10,12-13,30H,1-4,11H2,(H,24,28)(H,25,29)(H,26,27)/b18-12-. The van der Waals surface area contributed by atoms with Crippen LogP contribution in [0.5, 0.6) is 0 Å². The molecule has 30 heavy (non-hydrogen) atoms. The van der Waals surface area contributed by atoms with E-state index in [1.54, 1.807) is 35.8 Å². The molecule has 8 heteroatoms. The predicted molar refractivity (Wildman–Crippen MR) is 110 cm³/mol. The second kappa shape index (κ2) is 9.80. The summed E-state index contributed by atoms with van der Waals surface area (Å²) in [6.07, 6.45) is 4.01. The molecule has 0 aliphatic carbocycles. The molecule has 0 spiro atoms. The third-order valence-corrected chi connectivity index (χ3v) is 4.74. The van der Waals surface area contributed by atoms with Gasteiger partial charge < -0.3 is 10.6 Å². The number of carbonyl (C=O) groups is 3. The smallest absolute Gasteiger partial charge is 0.256 e. The van der Waals surface area contributed by atoms with Crippen LogP contribution in [0.4, 0.5) is 10.1 Å². The van der Waals surface area contributed by atoms with Crippen LogP contribution in [0.2, 0.25) is 0 Å². The van der Waals surface area contributed by atoms with Gasteiger partial charge in [0.25, 0.3) is 11.8 Å². The average molecular weight is 411 g/mol. The molecule has 0 radical (unpaired) electrons. The van der Waals surface area contributed by atoms with E-state index in [0.29, 0.717) is 35.4 Å². The van der Waals surface area contributed by atoms with Crippen molar-refractivity contribution in [2.24, 2.45) is 0 Å². The minimum Gasteiger partial charge on any atom is -0.352 e. The van der Waals surface area contributed by atoms with E-state index in [9.17, 15) is 18.8 Å². The molecule has 3 amide bonds. The number of carbonyl (C=O) groups excluding carboxylic acids is 3. The maximum absolute atomic E-state index is 13.5. The summed E-state index contributed by atoms with van der Waals surface area (Å²) in [5.74, 6) is -1.35. The quantitative estimate of drug-likeness (QED) is 0.232. The molecule has 0 atom stereocenters. The van der Waals surface area contributed by atoms with Gasteiger partial charge in [-0.1, -0.05) is 18.6 Å². The molecule has 7 nitrogen and oxygen atoms in total. The number of rotatable bonds is 8. The zero-order valence-electron chi connectivity index (χ0n) is 16.2. The highest BCUT2D eigenvalue weighted by atomic mass is 19.1. The highest BCUT2D eigenvalue weighted by Crippen LogP contribution is 2.33. The fourth-order valence-electron chi connectivity index (χ4n) is 3.15. The number of hydrogen-bond donors (Lipinski definition) is 4. The lowest BCUT2D eigenvalue weighted by atomic mass is 10.0. The van der Waals surface area contributed by atoms with Crippen LogP contribution in [0.3, 0.4) is 0 Å². The van der Waals surface area contributed by atoms with Crippen LogP contribution in [0.15, 0.2) is 42.5 Å². The summed E-state index contributed by atoms with van der Waals surface area (Å²) in [5.41, 5.74) is 4.24. The molecule has 2 aromatic carbocycles. The first kappa shape index (κ1) is 21.2. The van der Waals surface area contributed by atoms with E-state index >= 15 is 0 Å². The van der Waals surface area contributed by atoms with Crippen molar-refractivity contribution in [3.8, 4) is 0 Å². The summed E-state index contributed by atoms with van der Waals surface area (Å²) in [6.45, 7) is 0.480. The van der Waals surface area contributed by atoms with Gasteiger partial charge in [-0.05, 0) is 54.8 Å². The van der Waals surface area contributed by atoms with Crippen LogP contribution in [0, 0.1) is 5.82 Å². The SMILES string of the molecule is O=C(CCCCCNC(=O)c1ccc(/C=C2\C(=O)Nc3ccc(F)cc32)cc1)NO. The number of nitrogens with one attached hydrogen (secondary N) is 3. The van der Waals surface area contributed by atoms with E-state index in [2.05, 4.69) is 10.6 Å². The Morgan fingerprint density at radius 2 is 1.83 bits per heavy atom. The molecule has 1 heterocycles. The number of hydrogen-bond acceptors (Lipinski definition) is 4. The molecule has 0 fully saturated rings. The summed E-state index contributed by atoms with van der Waals surface area (Å²) in [6, 6.07) is 10.9. The molecule has 0 saturated heterocycles. The summed E-state index contributed by atoms with van der Waals surface area (Å²) < 4.78 is 13.5. The largest absolute Gasteiger partial charge is 0.352 e. The van der Waals surface area contributed by atoms with Crippen LogP contribution in [0.1, 0.15) is 47.2 Å². The molecule has 2 aromatic rings. The van der Waals surface area contributed by atoms with E-state index in [1.165, 1.54) is 18.2 Å². The Morgan fingerprint density at radius 1 is 1.07 bits per heavy atom. The van der Waals surface area contributed by atoms with Crippen molar-refractivity contribution in [1.29, 1.82) is 0 Å². The van der Waals surface area contributed by atoms with Gasteiger partial charge in [-0.3, -0.25) is 19.6 Å². The molecule has 1 aliphatic heterocycles. The van der Waals surface area contributed by atoms with Crippen molar-refractivity contribution in [1.82, 2.24) is 10.8 Å². The maximum atomic E-state index is 13.5. The Labute approximate surface area is 172 Å². The van der Waals surface area contributed by atoms with Gasteiger partial charge in [0.05, 0.1) is 0 Å². The van der Waals surface area contributed by atoms with Crippen molar-refractivity contribution in [3.05, 3.63) is 65.0 Å². The van der Waals surface area contributed by atoms with Gasteiger partial charge in [0.15, 0.2) is 0 Å². The minimum absolute atomic E-state index is 0.215. The number of halogens is 1. The van der Waals surface area contributed by atoms with Crippen molar-refractivity contribution in [2.75, 3.05) is 11.9 Å². The first-order valence-electron chi connectivity index (χ1n) is 9.62. The highest BCUT2D eigenvalue weighted by Gasteiger charge is 2.24. The van der Waals surface area contributed by atoms with E-state index in [4.69, 9.17) is 5.21 Å². The number of benzene rings is 2. The number of amides is 3. The Balaban J connectivity index is 1.55. The lowest BCUT2D eigenvalue weighted by Crippen LogP contribution is -2.24. The lowest BCUT2D eigenvalue weighted by molar-refractivity contribution is -0.129. The molecular formula is C22H22FN3O4. The first-order chi connectivity index (χ1) is 14.5. The number of fused-ring (bicyclic) bond motifs is 1. The third kappa shape index (κ3) is 5.30. The van der Waals surface area contributed by atoms with Gasteiger partial charge in [0.1, 0.15) is 5.82 Å². The van der Waals surface area contributed by atoms with Crippen LogP contribution in [-0.4, -0.2) is 29.5 Å². The van der Waals surface area contributed by atoms with Crippen molar-refractivity contribution < 1.29 is 24.0 Å². The number of unbranched alkanes of at least 4 members (excludes halogenated alkanes) is 2. The summed E-state index contributed by atoms with van der Waals surface area (Å²) in [4.78, 5) is 35.3. The van der Waals surface area contributed by atoms with E-state index in [1.807, 2.05) is 0 Å². The van der Waals surface area contributed by atoms with E-state index < -0.39 is 11.7 Å². The maximum Gasteiger partial charge on any atom is 0.256 e. The Bertz CT molecular complexity index is 986. The second-order valence-electron chi connectivity index (χ2n) is 6.93. The summed E-state index contributed by atoms with van der Waals surface area (Å²) >= 11 is 0. The van der Waals surface area contributed by atoms with Gasteiger partial charge in [-0.15, -0.1) is 0 Å². The summed E-state index contributed by atoms with van der Waals surface area (Å²) in [5, 5.41) is 13.9. The van der Waals surface area contributed by atoms with E-state index in [0.717, 1.165) is 18.4 Å². The zero-order valence-corrected chi connectivity index (χ0v) is 16.2. The molecule has 0 unspecified atom stereocenters. The van der Waals surface area contributed by atoms with Crippen LogP contribution in [0.25, 0.3) is 11.6 Å². The highest BCUT2D eigenvalue weighted by molar-refractivity contribution is 6.34. The van der Waals surface area contributed by atoms with Crippen LogP contribution < -0.4 is 16.1 Å². The van der Waals surface area contributed by atoms with Gasteiger partial charge >= 0.3 is 0 Å². The summed E-state index contributed by atoms with van der Waals surface area (Å²) in [7, 11) is 0. The fraction of sp³-hybridized carbons (Fsp3) is 0.227. The van der Waals surface area contributed by atoms with Crippen LogP contribution in [-0.2, 0) is 9.59 Å². The minimum atomic E-state index is -0.419. The molecule has 156 valence electrons. The first-order valence-corrected chi connectivity index (χ1v) is 9.62. The lowest BCUT2D eigenvalue weighted by Gasteiger charge is -2.06. The topological polar surface area (TPSA) is 108 Å². The second-order valence-corrected chi connectivity index (χ2v) is 6.93. The van der Waals surface area contributed by atoms with Gasteiger partial charge in [0, 0.05) is 35.4 Å². The van der Waals surface area contributed by atoms with Crippen LogP contribution >= 0.6 is 0 Å². The molecule has 4 N–H and O–H groups in total. The predicted octanol–water partition coefficient (Wildman–Crippen LogP) is 3.11. The third-order valence-electron chi connectivity index (χ3n) is 4.74. The van der Waals surface area contributed by atoms with Crippen molar-refractivity contribution >= 4 is 35.1 Å². The zero-order chi connectivity index (χ0) is 21.5.